The number of carbonyl (C=O) groups is 1. The fourth-order valence-electron chi connectivity index (χ4n) is 2.55. The van der Waals surface area contributed by atoms with Gasteiger partial charge < -0.3 is 20.3 Å². The number of hydrogen-bond acceptors (Lipinski definition) is 3. The quantitative estimate of drug-likeness (QED) is 0.555. The monoisotopic (exact) mass is 368 g/mol. The first-order chi connectivity index (χ1) is 13.1. The summed E-state index contributed by atoms with van der Waals surface area (Å²) in [6.07, 6.45) is 0. The Hall–Kier alpha value is -3.02. The first-order valence-corrected chi connectivity index (χ1v) is 9.05. The van der Waals surface area contributed by atoms with Crippen LogP contribution in [0.1, 0.15) is 18.1 Å². The molecule has 0 saturated carbocycles. The van der Waals surface area contributed by atoms with Crippen LogP contribution in [0.2, 0.25) is 0 Å². The lowest BCUT2D eigenvalue weighted by Gasteiger charge is -2.22. The van der Waals surface area contributed by atoms with Crippen molar-refractivity contribution in [1.82, 2.24) is 15.5 Å². The highest BCUT2D eigenvalue weighted by Crippen LogP contribution is 2.10. The van der Waals surface area contributed by atoms with Crippen molar-refractivity contribution in [3.05, 3.63) is 65.7 Å². The topological polar surface area (TPSA) is 66.0 Å². The van der Waals surface area contributed by atoms with Crippen LogP contribution in [0, 0.1) is 0 Å². The molecule has 0 unspecified atom stereocenters. The van der Waals surface area contributed by atoms with E-state index in [1.165, 1.54) is 5.56 Å². The van der Waals surface area contributed by atoms with Gasteiger partial charge in [-0.2, -0.15) is 0 Å². The molecule has 0 spiro atoms. The van der Waals surface area contributed by atoms with E-state index in [1.54, 1.807) is 7.11 Å². The van der Waals surface area contributed by atoms with Gasteiger partial charge in [-0.05, 0) is 30.2 Å². The van der Waals surface area contributed by atoms with Gasteiger partial charge in [0.1, 0.15) is 12.3 Å². The molecule has 2 rings (SSSR count). The van der Waals surface area contributed by atoms with E-state index in [9.17, 15) is 4.79 Å². The summed E-state index contributed by atoms with van der Waals surface area (Å²) in [6.45, 7) is 4.02. The molecule has 144 valence electrons. The number of methoxy groups -OCH3 is 1. The third-order valence-corrected chi connectivity index (χ3v) is 3.98. The summed E-state index contributed by atoms with van der Waals surface area (Å²) in [5.74, 6) is 1.39. The Labute approximate surface area is 161 Å². The number of benzene rings is 2. The molecule has 2 aromatic carbocycles. The highest BCUT2D eigenvalue weighted by Gasteiger charge is 2.08. The third-order valence-electron chi connectivity index (χ3n) is 3.98. The fourth-order valence-corrected chi connectivity index (χ4v) is 2.55. The molecule has 0 atom stereocenters. The van der Waals surface area contributed by atoms with Gasteiger partial charge in [0, 0.05) is 26.7 Å². The number of rotatable bonds is 8. The van der Waals surface area contributed by atoms with Crippen molar-refractivity contribution in [1.29, 1.82) is 0 Å². The molecule has 2 N–H and O–H groups in total. The molecule has 0 fully saturated rings. The SMILES string of the molecule is CCNC(=NCC(=O)NCc1ccc(OC)cc1)N(C)Cc1ccccc1. The van der Waals surface area contributed by atoms with E-state index in [0.717, 1.165) is 24.4 Å². The fraction of sp³-hybridized carbons (Fsp3) is 0.333. The molecule has 0 aliphatic rings. The van der Waals surface area contributed by atoms with E-state index in [-0.39, 0.29) is 12.5 Å². The molecule has 0 heterocycles. The smallest absolute Gasteiger partial charge is 0.242 e. The number of hydrogen-bond donors (Lipinski definition) is 2. The first-order valence-electron chi connectivity index (χ1n) is 9.05. The number of ether oxygens (including phenoxy) is 1. The second-order valence-electron chi connectivity index (χ2n) is 6.14. The molecule has 0 aromatic heterocycles. The summed E-state index contributed by atoms with van der Waals surface area (Å²) in [6, 6.07) is 17.8. The number of aliphatic imine (C=N–C) groups is 1. The first kappa shape index (κ1) is 20.3. The lowest BCUT2D eigenvalue weighted by molar-refractivity contribution is -0.119. The van der Waals surface area contributed by atoms with Gasteiger partial charge in [-0.3, -0.25) is 4.79 Å². The average Bonchev–Trinajstić information content (AvgIpc) is 2.70. The van der Waals surface area contributed by atoms with Crippen LogP contribution in [-0.4, -0.2) is 44.0 Å². The molecule has 27 heavy (non-hydrogen) atoms. The Morgan fingerprint density at radius 3 is 2.37 bits per heavy atom. The second-order valence-corrected chi connectivity index (χ2v) is 6.14. The van der Waals surface area contributed by atoms with Crippen LogP contribution in [0.5, 0.6) is 5.75 Å². The van der Waals surface area contributed by atoms with Gasteiger partial charge in [-0.25, -0.2) is 4.99 Å². The Bertz CT molecular complexity index is 730. The summed E-state index contributed by atoms with van der Waals surface area (Å²) in [7, 11) is 3.59. The summed E-state index contributed by atoms with van der Waals surface area (Å²) in [5.41, 5.74) is 2.20. The van der Waals surface area contributed by atoms with E-state index < -0.39 is 0 Å². The molecule has 0 aliphatic heterocycles. The zero-order valence-electron chi connectivity index (χ0n) is 16.2. The second kappa shape index (κ2) is 10.9. The van der Waals surface area contributed by atoms with Crippen LogP contribution in [0.4, 0.5) is 0 Å². The third kappa shape index (κ3) is 7.01. The van der Waals surface area contributed by atoms with E-state index in [0.29, 0.717) is 12.5 Å². The minimum Gasteiger partial charge on any atom is -0.497 e. The van der Waals surface area contributed by atoms with E-state index in [2.05, 4.69) is 27.8 Å². The number of nitrogens with zero attached hydrogens (tertiary/aromatic N) is 2. The van der Waals surface area contributed by atoms with Crippen molar-refractivity contribution in [2.75, 3.05) is 27.2 Å². The number of amides is 1. The van der Waals surface area contributed by atoms with E-state index in [4.69, 9.17) is 4.74 Å². The molecule has 6 nitrogen and oxygen atoms in total. The van der Waals surface area contributed by atoms with Gasteiger partial charge in [-0.15, -0.1) is 0 Å². The van der Waals surface area contributed by atoms with Crippen molar-refractivity contribution >= 4 is 11.9 Å². The molecule has 0 aliphatic carbocycles. The minimum absolute atomic E-state index is 0.0810. The Kier molecular flexibility index (Phi) is 8.16. The normalized spacial score (nSPS) is 11.0. The van der Waals surface area contributed by atoms with Crippen molar-refractivity contribution in [3.8, 4) is 5.75 Å². The van der Waals surface area contributed by atoms with Crippen molar-refractivity contribution < 1.29 is 9.53 Å². The minimum atomic E-state index is -0.116. The maximum atomic E-state index is 12.1. The van der Waals surface area contributed by atoms with Gasteiger partial charge in [0.15, 0.2) is 5.96 Å². The number of nitrogens with one attached hydrogen (secondary N) is 2. The van der Waals surface area contributed by atoms with Gasteiger partial charge in [-0.1, -0.05) is 42.5 Å². The summed E-state index contributed by atoms with van der Waals surface area (Å²) in [4.78, 5) is 18.6. The van der Waals surface area contributed by atoms with Crippen LogP contribution in [0.25, 0.3) is 0 Å². The van der Waals surface area contributed by atoms with Crippen LogP contribution < -0.4 is 15.4 Å². The van der Waals surface area contributed by atoms with Gasteiger partial charge in [0.05, 0.1) is 7.11 Å². The lowest BCUT2D eigenvalue weighted by Crippen LogP contribution is -2.39. The predicted octanol–water partition coefficient (Wildman–Crippen LogP) is 2.41. The number of carbonyl (C=O) groups excluding carboxylic acids is 1. The molecule has 0 saturated heterocycles. The van der Waals surface area contributed by atoms with Crippen molar-refractivity contribution in [2.24, 2.45) is 4.99 Å². The molecular weight excluding hydrogens is 340 g/mol. The lowest BCUT2D eigenvalue weighted by atomic mass is 10.2. The molecule has 6 heteroatoms. The van der Waals surface area contributed by atoms with Crippen LogP contribution in [-0.2, 0) is 17.9 Å². The Balaban J connectivity index is 1.87. The van der Waals surface area contributed by atoms with Gasteiger partial charge in [0.25, 0.3) is 0 Å². The molecule has 1 amide bonds. The molecule has 0 bridgehead atoms. The summed E-state index contributed by atoms with van der Waals surface area (Å²) in [5, 5.41) is 6.12. The van der Waals surface area contributed by atoms with E-state index >= 15 is 0 Å². The average molecular weight is 368 g/mol. The van der Waals surface area contributed by atoms with Gasteiger partial charge in [0.2, 0.25) is 5.91 Å². The standard InChI is InChI=1S/C21H28N4O2/c1-4-22-21(25(2)16-18-8-6-5-7-9-18)24-15-20(26)23-14-17-10-12-19(27-3)13-11-17/h5-13H,4,14-16H2,1-3H3,(H,22,24)(H,23,26). The zero-order chi connectivity index (χ0) is 19.5. The van der Waals surface area contributed by atoms with E-state index in [1.807, 2.05) is 61.3 Å². The molecular formula is C21H28N4O2. The summed E-state index contributed by atoms with van der Waals surface area (Å²) >= 11 is 0. The van der Waals surface area contributed by atoms with Crippen LogP contribution in [0.3, 0.4) is 0 Å². The van der Waals surface area contributed by atoms with Crippen LogP contribution in [0.15, 0.2) is 59.6 Å². The van der Waals surface area contributed by atoms with Gasteiger partial charge >= 0.3 is 0 Å². The van der Waals surface area contributed by atoms with Crippen LogP contribution >= 0.6 is 0 Å². The Morgan fingerprint density at radius 1 is 1.04 bits per heavy atom. The predicted molar refractivity (Wildman–Crippen MR) is 109 cm³/mol. The highest BCUT2D eigenvalue weighted by atomic mass is 16.5. The largest absolute Gasteiger partial charge is 0.497 e. The summed E-state index contributed by atoms with van der Waals surface area (Å²) < 4.78 is 5.13. The maximum absolute atomic E-state index is 12.1. The molecule has 0 radical (unpaired) electrons. The zero-order valence-corrected chi connectivity index (χ0v) is 16.2. The van der Waals surface area contributed by atoms with Crippen molar-refractivity contribution in [3.63, 3.8) is 0 Å². The van der Waals surface area contributed by atoms with Crippen molar-refractivity contribution in [2.45, 2.75) is 20.0 Å². The maximum Gasteiger partial charge on any atom is 0.242 e. The number of guanidine groups is 1. The molecule has 2 aromatic rings. The Morgan fingerprint density at radius 2 is 1.74 bits per heavy atom. The highest BCUT2D eigenvalue weighted by molar-refractivity contribution is 5.84.